The Labute approximate surface area is 182 Å². The molecular weight excluding hydrogens is 416 g/mol. The summed E-state index contributed by atoms with van der Waals surface area (Å²) in [6.45, 7) is 3.59. The van der Waals surface area contributed by atoms with E-state index >= 15 is 0 Å². The van der Waals surface area contributed by atoms with Gasteiger partial charge in [-0.15, -0.1) is 0 Å². The number of sulfonamides is 1. The molecule has 0 aliphatic carbocycles. The van der Waals surface area contributed by atoms with E-state index in [1.54, 1.807) is 37.3 Å². The second-order valence-electron chi connectivity index (χ2n) is 6.93. The van der Waals surface area contributed by atoms with Crippen molar-refractivity contribution in [2.24, 2.45) is 0 Å². The van der Waals surface area contributed by atoms with Crippen molar-refractivity contribution >= 4 is 27.3 Å². The minimum Gasteiger partial charge on any atom is -0.497 e. The van der Waals surface area contributed by atoms with Crippen molar-refractivity contribution in [3.8, 4) is 11.5 Å². The number of hydrogen-bond acceptors (Lipinski definition) is 5. The number of nitrogens with one attached hydrogen (secondary N) is 2. The van der Waals surface area contributed by atoms with Crippen molar-refractivity contribution in [2.45, 2.75) is 24.8 Å². The molecule has 8 heteroatoms. The molecule has 0 unspecified atom stereocenters. The second-order valence-corrected chi connectivity index (χ2v) is 8.61. The first-order valence-corrected chi connectivity index (χ1v) is 11.1. The molecule has 0 spiro atoms. The van der Waals surface area contributed by atoms with Crippen LogP contribution in [0.2, 0.25) is 0 Å². The molecule has 162 valence electrons. The molecule has 0 saturated heterocycles. The first-order valence-electron chi connectivity index (χ1n) is 9.58. The van der Waals surface area contributed by atoms with Crippen LogP contribution in [0.1, 0.15) is 12.5 Å². The van der Waals surface area contributed by atoms with Gasteiger partial charge in [-0.05, 0) is 67.9 Å². The number of amides is 1. The Bertz CT molecular complexity index is 1160. The highest BCUT2D eigenvalue weighted by Crippen LogP contribution is 2.22. The molecule has 3 rings (SSSR count). The Kier molecular flexibility index (Phi) is 6.81. The topological polar surface area (TPSA) is 93.7 Å². The van der Waals surface area contributed by atoms with E-state index in [1.807, 2.05) is 25.1 Å². The van der Waals surface area contributed by atoms with Crippen LogP contribution in [0.3, 0.4) is 0 Å². The molecule has 2 N–H and O–H groups in total. The van der Waals surface area contributed by atoms with Crippen LogP contribution in [0.5, 0.6) is 11.5 Å². The van der Waals surface area contributed by atoms with Gasteiger partial charge >= 0.3 is 0 Å². The summed E-state index contributed by atoms with van der Waals surface area (Å²) in [5.74, 6) is 0.805. The number of methoxy groups -OCH3 is 1. The summed E-state index contributed by atoms with van der Waals surface area (Å²) in [4.78, 5) is 12.5. The van der Waals surface area contributed by atoms with Crippen molar-refractivity contribution < 1.29 is 22.7 Å². The molecule has 3 aromatic carbocycles. The molecule has 1 amide bonds. The maximum Gasteiger partial charge on any atom is 0.265 e. The average Bonchev–Trinajstić information content (AvgIpc) is 2.74. The van der Waals surface area contributed by atoms with Gasteiger partial charge in [0.1, 0.15) is 11.5 Å². The molecule has 1 atom stereocenters. The summed E-state index contributed by atoms with van der Waals surface area (Å²) in [5, 5.41) is 2.72. The number of ether oxygens (including phenoxy) is 2. The van der Waals surface area contributed by atoms with Gasteiger partial charge in [-0.1, -0.05) is 18.2 Å². The van der Waals surface area contributed by atoms with Crippen LogP contribution in [0.4, 0.5) is 11.4 Å². The Morgan fingerprint density at radius 2 is 1.58 bits per heavy atom. The van der Waals surface area contributed by atoms with Gasteiger partial charge in [-0.25, -0.2) is 8.42 Å². The normalized spacial score (nSPS) is 12.0. The van der Waals surface area contributed by atoms with Gasteiger partial charge in [0, 0.05) is 11.8 Å². The van der Waals surface area contributed by atoms with Crippen LogP contribution in [0.15, 0.2) is 77.7 Å². The summed E-state index contributed by atoms with van der Waals surface area (Å²) >= 11 is 0. The zero-order valence-corrected chi connectivity index (χ0v) is 18.3. The van der Waals surface area contributed by atoms with E-state index in [2.05, 4.69) is 10.0 Å². The smallest absolute Gasteiger partial charge is 0.265 e. The van der Waals surface area contributed by atoms with E-state index in [0.29, 0.717) is 22.9 Å². The highest BCUT2D eigenvalue weighted by Gasteiger charge is 2.17. The fourth-order valence-corrected chi connectivity index (χ4v) is 3.86. The lowest BCUT2D eigenvalue weighted by molar-refractivity contribution is -0.122. The SMILES string of the molecule is COc1cccc(NS(=O)(=O)c2ccc(NC(=O)[C@@H](C)Oc3cccc(C)c3)cc2)c1. The quantitative estimate of drug-likeness (QED) is 0.547. The van der Waals surface area contributed by atoms with Gasteiger partial charge in [-0.3, -0.25) is 9.52 Å². The summed E-state index contributed by atoms with van der Waals surface area (Å²) in [5.41, 5.74) is 1.88. The number of carbonyl (C=O) groups is 1. The first kappa shape index (κ1) is 22.2. The van der Waals surface area contributed by atoms with Crippen LogP contribution in [0, 0.1) is 6.92 Å². The van der Waals surface area contributed by atoms with Gasteiger partial charge in [0.15, 0.2) is 6.10 Å². The summed E-state index contributed by atoms with van der Waals surface area (Å²) in [6.07, 6.45) is -0.722. The van der Waals surface area contributed by atoms with E-state index in [-0.39, 0.29) is 10.8 Å². The fourth-order valence-electron chi connectivity index (χ4n) is 2.81. The summed E-state index contributed by atoms with van der Waals surface area (Å²) in [7, 11) is -2.28. The fraction of sp³-hybridized carbons (Fsp3) is 0.174. The highest BCUT2D eigenvalue weighted by molar-refractivity contribution is 7.92. The molecule has 0 aromatic heterocycles. The number of aryl methyl sites for hydroxylation is 1. The van der Waals surface area contributed by atoms with Gasteiger partial charge in [0.2, 0.25) is 0 Å². The Morgan fingerprint density at radius 1 is 0.903 bits per heavy atom. The van der Waals surface area contributed by atoms with E-state index < -0.39 is 16.1 Å². The van der Waals surface area contributed by atoms with Gasteiger partial charge in [0.05, 0.1) is 17.7 Å². The highest BCUT2D eigenvalue weighted by atomic mass is 32.2. The van der Waals surface area contributed by atoms with Crippen molar-refractivity contribution in [3.63, 3.8) is 0 Å². The average molecular weight is 441 g/mol. The number of benzene rings is 3. The van der Waals surface area contributed by atoms with E-state index in [1.165, 1.54) is 31.4 Å². The van der Waals surface area contributed by atoms with Crippen molar-refractivity contribution in [2.75, 3.05) is 17.1 Å². The molecule has 0 heterocycles. The molecule has 31 heavy (non-hydrogen) atoms. The number of hydrogen-bond donors (Lipinski definition) is 2. The molecule has 0 aliphatic heterocycles. The van der Waals surface area contributed by atoms with Crippen molar-refractivity contribution in [1.29, 1.82) is 0 Å². The first-order chi connectivity index (χ1) is 14.8. The molecular formula is C23H24N2O5S. The second kappa shape index (κ2) is 9.53. The maximum atomic E-state index is 12.6. The largest absolute Gasteiger partial charge is 0.497 e. The zero-order chi connectivity index (χ0) is 22.4. The molecule has 0 fully saturated rings. The third-order valence-corrected chi connectivity index (χ3v) is 5.82. The minimum atomic E-state index is -3.79. The molecule has 0 bridgehead atoms. The van der Waals surface area contributed by atoms with Crippen molar-refractivity contribution in [1.82, 2.24) is 0 Å². The van der Waals surface area contributed by atoms with E-state index in [9.17, 15) is 13.2 Å². The van der Waals surface area contributed by atoms with E-state index in [4.69, 9.17) is 9.47 Å². The van der Waals surface area contributed by atoms with Gasteiger partial charge in [-0.2, -0.15) is 0 Å². The number of anilines is 2. The molecule has 0 saturated carbocycles. The third-order valence-electron chi connectivity index (χ3n) is 4.43. The molecule has 0 radical (unpaired) electrons. The van der Waals surface area contributed by atoms with Crippen LogP contribution >= 0.6 is 0 Å². The Balaban J connectivity index is 1.64. The van der Waals surface area contributed by atoms with Crippen LogP contribution in [0.25, 0.3) is 0 Å². The van der Waals surface area contributed by atoms with Crippen LogP contribution in [-0.2, 0) is 14.8 Å². The van der Waals surface area contributed by atoms with Crippen LogP contribution in [-0.4, -0.2) is 27.5 Å². The lowest BCUT2D eigenvalue weighted by Crippen LogP contribution is -2.30. The number of rotatable bonds is 8. The van der Waals surface area contributed by atoms with Crippen LogP contribution < -0.4 is 19.5 Å². The lowest BCUT2D eigenvalue weighted by Gasteiger charge is -2.15. The minimum absolute atomic E-state index is 0.0670. The molecule has 7 nitrogen and oxygen atoms in total. The van der Waals surface area contributed by atoms with Gasteiger partial charge in [0.25, 0.3) is 15.9 Å². The summed E-state index contributed by atoms with van der Waals surface area (Å²) < 4.78 is 38.5. The number of carbonyl (C=O) groups excluding carboxylic acids is 1. The monoisotopic (exact) mass is 440 g/mol. The van der Waals surface area contributed by atoms with Crippen molar-refractivity contribution in [3.05, 3.63) is 78.4 Å². The Morgan fingerprint density at radius 3 is 2.26 bits per heavy atom. The molecule has 3 aromatic rings. The van der Waals surface area contributed by atoms with E-state index in [0.717, 1.165) is 5.56 Å². The predicted molar refractivity (Wildman–Crippen MR) is 120 cm³/mol. The zero-order valence-electron chi connectivity index (χ0n) is 17.5. The third kappa shape index (κ3) is 5.99. The molecule has 0 aliphatic rings. The standard InChI is InChI=1S/C23H24N2O5S/c1-16-6-4-9-21(14-16)30-17(2)23(26)24-18-10-12-22(13-11-18)31(27,28)25-19-7-5-8-20(15-19)29-3/h4-15,17,25H,1-3H3,(H,24,26)/t17-/m1/s1. The Hall–Kier alpha value is -3.52. The predicted octanol–water partition coefficient (Wildman–Crippen LogP) is 4.21. The summed E-state index contributed by atoms with van der Waals surface area (Å²) in [6, 6.07) is 19.9. The maximum absolute atomic E-state index is 12.6. The van der Waals surface area contributed by atoms with Gasteiger partial charge < -0.3 is 14.8 Å². The lowest BCUT2D eigenvalue weighted by atomic mass is 10.2.